The highest BCUT2D eigenvalue weighted by Gasteiger charge is 2.22. The molecule has 4 heteroatoms. The fourth-order valence-electron chi connectivity index (χ4n) is 1.51. The van der Waals surface area contributed by atoms with Gasteiger partial charge in [-0.05, 0) is 12.5 Å². The number of benzene rings is 1. The molecule has 1 aromatic carbocycles. The van der Waals surface area contributed by atoms with Crippen molar-refractivity contribution in [2.24, 2.45) is 5.10 Å². The molecular weight excluding hydrogens is 202 g/mol. The number of rotatable bonds is 2. The third kappa shape index (κ3) is 1.95. The first-order valence-corrected chi connectivity index (χ1v) is 5.03. The molecule has 1 heterocycles. The Hall–Kier alpha value is -2.10. The minimum atomic E-state index is -0.237. The Balaban J connectivity index is 2.19. The Morgan fingerprint density at radius 2 is 2.06 bits per heavy atom. The molecule has 1 N–H and O–H groups in total. The molecule has 0 radical (unpaired) electrons. The number of allylic oxidation sites excluding steroid dienone is 1. The smallest absolute Gasteiger partial charge is 0.287 e. The molecule has 16 heavy (non-hydrogen) atoms. The first-order valence-electron chi connectivity index (χ1n) is 5.03. The number of nitrogens with zero attached hydrogens (tertiary/aromatic N) is 2. The molecule has 2 amide bonds. The first kappa shape index (κ1) is 10.4. The summed E-state index contributed by atoms with van der Waals surface area (Å²) in [6.07, 6.45) is 0. The highest BCUT2D eigenvalue weighted by molar-refractivity contribution is 6.03. The van der Waals surface area contributed by atoms with Crippen molar-refractivity contribution in [2.75, 3.05) is 0 Å². The largest absolute Gasteiger partial charge is 0.342 e. The Kier molecular flexibility index (Phi) is 2.72. The summed E-state index contributed by atoms with van der Waals surface area (Å²) >= 11 is 0. The standard InChI is InChI=1S/C12H13N3O/c1-9-10(2)15(12(16)14-13-9)8-11-6-4-3-5-7-11/h3-7H,2,8H2,1H3,(H,14,16). The molecule has 0 bridgehead atoms. The summed E-state index contributed by atoms with van der Waals surface area (Å²) in [5.74, 6) is 0. The van der Waals surface area contributed by atoms with Crippen molar-refractivity contribution in [2.45, 2.75) is 13.5 Å². The Labute approximate surface area is 94.3 Å². The van der Waals surface area contributed by atoms with Gasteiger partial charge in [-0.3, -0.25) is 4.90 Å². The van der Waals surface area contributed by atoms with E-state index in [1.807, 2.05) is 37.3 Å². The number of hydrazone groups is 1. The molecule has 1 aliphatic heterocycles. The summed E-state index contributed by atoms with van der Waals surface area (Å²) in [5, 5.41) is 3.86. The van der Waals surface area contributed by atoms with Crippen LogP contribution in [0, 0.1) is 0 Å². The van der Waals surface area contributed by atoms with E-state index in [1.165, 1.54) is 0 Å². The van der Waals surface area contributed by atoms with Gasteiger partial charge in [0.2, 0.25) is 0 Å². The van der Waals surface area contributed by atoms with Crippen LogP contribution in [0.3, 0.4) is 0 Å². The number of amides is 2. The van der Waals surface area contributed by atoms with Gasteiger partial charge in [-0.2, -0.15) is 5.10 Å². The van der Waals surface area contributed by atoms with E-state index in [4.69, 9.17) is 0 Å². The quantitative estimate of drug-likeness (QED) is 0.806. The summed E-state index contributed by atoms with van der Waals surface area (Å²) in [5.41, 5.74) is 4.89. The van der Waals surface area contributed by atoms with Crippen LogP contribution >= 0.6 is 0 Å². The second-order valence-electron chi connectivity index (χ2n) is 3.63. The van der Waals surface area contributed by atoms with Crippen LogP contribution in [0.1, 0.15) is 12.5 Å². The van der Waals surface area contributed by atoms with Crippen LogP contribution in [0.15, 0.2) is 47.7 Å². The fourth-order valence-corrected chi connectivity index (χ4v) is 1.51. The second-order valence-corrected chi connectivity index (χ2v) is 3.63. The molecule has 0 saturated carbocycles. The van der Waals surface area contributed by atoms with Gasteiger partial charge < -0.3 is 0 Å². The number of hydrogen-bond acceptors (Lipinski definition) is 2. The maximum absolute atomic E-state index is 11.6. The zero-order valence-corrected chi connectivity index (χ0v) is 9.10. The number of carbonyl (C=O) groups is 1. The van der Waals surface area contributed by atoms with Gasteiger partial charge in [-0.25, -0.2) is 10.2 Å². The number of carbonyl (C=O) groups excluding carboxylic acids is 1. The molecule has 82 valence electrons. The average Bonchev–Trinajstić information content (AvgIpc) is 2.31. The van der Waals surface area contributed by atoms with E-state index in [1.54, 1.807) is 4.90 Å². The third-order valence-corrected chi connectivity index (χ3v) is 2.49. The number of urea groups is 1. The zero-order chi connectivity index (χ0) is 11.5. The van der Waals surface area contributed by atoms with Gasteiger partial charge in [-0.15, -0.1) is 0 Å². The summed E-state index contributed by atoms with van der Waals surface area (Å²) < 4.78 is 0. The van der Waals surface area contributed by atoms with Crippen molar-refractivity contribution < 1.29 is 4.79 Å². The van der Waals surface area contributed by atoms with Crippen LogP contribution in [-0.4, -0.2) is 16.6 Å². The molecule has 0 unspecified atom stereocenters. The van der Waals surface area contributed by atoms with E-state index >= 15 is 0 Å². The second kappa shape index (κ2) is 4.18. The van der Waals surface area contributed by atoms with E-state index in [9.17, 15) is 4.79 Å². The van der Waals surface area contributed by atoms with E-state index in [2.05, 4.69) is 17.1 Å². The number of nitrogens with one attached hydrogen (secondary N) is 1. The maximum atomic E-state index is 11.6. The first-order chi connectivity index (χ1) is 7.68. The zero-order valence-electron chi connectivity index (χ0n) is 9.10. The Morgan fingerprint density at radius 3 is 2.75 bits per heavy atom. The summed E-state index contributed by atoms with van der Waals surface area (Å²) in [6, 6.07) is 9.55. The van der Waals surface area contributed by atoms with Gasteiger partial charge in [0.1, 0.15) is 0 Å². The van der Waals surface area contributed by atoms with Crippen LogP contribution < -0.4 is 5.43 Å². The highest BCUT2D eigenvalue weighted by atomic mass is 16.2. The lowest BCUT2D eigenvalue weighted by Gasteiger charge is -2.27. The van der Waals surface area contributed by atoms with Gasteiger partial charge >= 0.3 is 6.03 Å². The maximum Gasteiger partial charge on any atom is 0.342 e. The predicted octanol–water partition coefficient (Wildman–Crippen LogP) is 2.10. The summed E-state index contributed by atoms with van der Waals surface area (Å²) in [6.45, 7) is 6.19. The van der Waals surface area contributed by atoms with Gasteiger partial charge in [0.15, 0.2) is 0 Å². The topological polar surface area (TPSA) is 44.7 Å². The van der Waals surface area contributed by atoms with Gasteiger partial charge in [-0.1, -0.05) is 36.9 Å². The van der Waals surface area contributed by atoms with E-state index in [-0.39, 0.29) is 6.03 Å². The molecule has 1 aliphatic rings. The molecule has 0 fully saturated rings. The normalized spacial score (nSPS) is 15.8. The highest BCUT2D eigenvalue weighted by Crippen LogP contribution is 2.14. The van der Waals surface area contributed by atoms with Crippen molar-refractivity contribution >= 4 is 11.7 Å². The summed E-state index contributed by atoms with van der Waals surface area (Å²) in [4.78, 5) is 13.2. The van der Waals surface area contributed by atoms with Gasteiger partial charge in [0.25, 0.3) is 0 Å². The van der Waals surface area contributed by atoms with Crippen molar-refractivity contribution in [3.8, 4) is 0 Å². The molecular formula is C12H13N3O. The molecule has 0 aliphatic carbocycles. The van der Waals surface area contributed by atoms with Gasteiger partial charge in [0, 0.05) is 0 Å². The third-order valence-electron chi connectivity index (χ3n) is 2.49. The molecule has 0 aromatic heterocycles. The molecule has 0 saturated heterocycles. The minimum absolute atomic E-state index is 0.237. The van der Waals surface area contributed by atoms with E-state index in [0.29, 0.717) is 12.2 Å². The molecule has 0 atom stereocenters. The Bertz CT molecular complexity index is 451. The minimum Gasteiger partial charge on any atom is -0.287 e. The number of hydrogen-bond donors (Lipinski definition) is 1. The SMILES string of the molecule is C=C1C(C)=NNC(=O)N1Cc1ccccc1. The molecule has 1 aromatic rings. The van der Waals surface area contributed by atoms with Crippen molar-refractivity contribution in [1.82, 2.24) is 10.3 Å². The summed E-state index contributed by atoms with van der Waals surface area (Å²) in [7, 11) is 0. The van der Waals surface area contributed by atoms with Crippen LogP contribution in [0.4, 0.5) is 4.79 Å². The van der Waals surface area contributed by atoms with Crippen LogP contribution in [0.25, 0.3) is 0 Å². The monoisotopic (exact) mass is 215 g/mol. The average molecular weight is 215 g/mol. The van der Waals surface area contributed by atoms with Crippen molar-refractivity contribution in [3.05, 3.63) is 48.2 Å². The Morgan fingerprint density at radius 1 is 1.38 bits per heavy atom. The van der Waals surface area contributed by atoms with Crippen LogP contribution in [0.2, 0.25) is 0 Å². The lowest BCUT2D eigenvalue weighted by Crippen LogP contribution is -2.42. The van der Waals surface area contributed by atoms with E-state index < -0.39 is 0 Å². The lowest BCUT2D eigenvalue weighted by molar-refractivity contribution is 0.209. The molecule has 2 rings (SSSR count). The van der Waals surface area contributed by atoms with E-state index in [0.717, 1.165) is 11.3 Å². The van der Waals surface area contributed by atoms with Crippen LogP contribution in [-0.2, 0) is 6.54 Å². The predicted molar refractivity (Wildman–Crippen MR) is 62.8 cm³/mol. The van der Waals surface area contributed by atoms with Crippen LogP contribution in [0.5, 0.6) is 0 Å². The fraction of sp³-hybridized carbons (Fsp3) is 0.167. The molecule has 0 spiro atoms. The van der Waals surface area contributed by atoms with Gasteiger partial charge in [0.05, 0.1) is 18.0 Å². The van der Waals surface area contributed by atoms with Crippen molar-refractivity contribution in [3.63, 3.8) is 0 Å². The molecule has 4 nitrogen and oxygen atoms in total. The van der Waals surface area contributed by atoms with Crippen molar-refractivity contribution in [1.29, 1.82) is 0 Å². The lowest BCUT2D eigenvalue weighted by atomic mass is 10.2.